The third kappa shape index (κ3) is 2.44. The highest BCUT2D eigenvalue weighted by Gasteiger charge is 2.21. The Morgan fingerprint density at radius 1 is 1.47 bits per heavy atom. The summed E-state index contributed by atoms with van der Waals surface area (Å²) in [5.74, 6) is 0.491. The van der Waals surface area contributed by atoms with Gasteiger partial charge in [0.1, 0.15) is 28.1 Å². The van der Waals surface area contributed by atoms with Crippen molar-refractivity contribution < 1.29 is 12.8 Å². The summed E-state index contributed by atoms with van der Waals surface area (Å²) in [6, 6.07) is 3.21. The maximum Gasteiger partial charge on any atom is 0.190 e. The number of anilines is 1. The topological polar surface area (TPSA) is 99.1 Å². The van der Waals surface area contributed by atoms with Crippen molar-refractivity contribution in [3.8, 4) is 0 Å². The van der Waals surface area contributed by atoms with Gasteiger partial charge in [-0.3, -0.25) is 0 Å². The van der Waals surface area contributed by atoms with Gasteiger partial charge in [-0.25, -0.2) is 18.4 Å². The van der Waals surface area contributed by atoms with Gasteiger partial charge >= 0.3 is 0 Å². The number of nitrogen functional groups attached to an aromatic ring is 1. The molecule has 0 amide bonds. The SMILES string of the molecule is Cc1ncc(S(=O)(=O)Cc2ccco2)c(N)n1. The lowest BCUT2D eigenvalue weighted by atomic mass is 10.5. The molecular weight excluding hydrogens is 242 g/mol. The first-order chi connectivity index (χ1) is 7.99. The molecular formula is C10H11N3O3S. The van der Waals surface area contributed by atoms with Crippen LogP contribution in [0.2, 0.25) is 0 Å². The van der Waals surface area contributed by atoms with Crippen molar-refractivity contribution in [2.45, 2.75) is 17.6 Å². The van der Waals surface area contributed by atoms with E-state index in [1.165, 1.54) is 12.5 Å². The van der Waals surface area contributed by atoms with Crippen molar-refractivity contribution in [3.63, 3.8) is 0 Å². The molecule has 0 spiro atoms. The number of aryl methyl sites for hydroxylation is 1. The van der Waals surface area contributed by atoms with Crippen LogP contribution in [0.5, 0.6) is 0 Å². The highest BCUT2D eigenvalue weighted by Crippen LogP contribution is 2.20. The molecule has 0 aliphatic carbocycles. The molecule has 2 rings (SSSR count). The van der Waals surface area contributed by atoms with E-state index >= 15 is 0 Å². The van der Waals surface area contributed by atoms with Gasteiger partial charge in [0.05, 0.1) is 12.5 Å². The highest BCUT2D eigenvalue weighted by atomic mass is 32.2. The molecule has 6 nitrogen and oxygen atoms in total. The second kappa shape index (κ2) is 4.17. The first-order valence-electron chi connectivity index (χ1n) is 4.83. The molecule has 2 N–H and O–H groups in total. The van der Waals surface area contributed by atoms with Crippen LogP contribution in [0.25, 0.3) is 0 Å². The molecule has 0 radical (unpaired) electrons. The van der Waals surface area contributed by atoms with Crippen molar-refractivity contribution in [3.05, 3.63) is 36.2 Å². The summed E-state index contributed by atoms with van der Waals surface area (Å²) in [6.45, 7) is 1.64. The second-order valence-electron chi connectivity index (χ2n) is 3.51. The molecule has 0 aliphatic rings. The maximum absolute atomic E-state index is 12.0. The molecule has 2 heterocycles. The normalized spacial score (nSPS) is 11.6. The number of furan rings is 1. The van der Waals surface area contributed by atoms with Crippen molar-refractivity contribution >= 4 is 15.7 Å². The summed E-state index contributed by atoms with van der Waals surface area (Å²) in [4.78, 5) is 7.59. The van der Waals surface area contributed by atoms with Crippen LogP contribution in [0.15, 0.2) is 33.9 Å². The van der Waals surface area contributed by atoms with Gasteiger partial charge in [-0.2, -0.15) is 0 Å². The van der Waals surface area contributed by atoms with Crippen molar-refractivity contribution in [2.24, 2.45) is 0 Å². The van der Waals surface area contributed by atoms with Crippen LogP contribution < -0.4 is 5.73 Å². The minimum absolute atomic E-state index is 0.0379. The number of hydrogen-bond acceptors (Lipinski definition) is 6. The van der Waals surface area contributed by atoms with Gasteiger partial charge in [0, 0.05) is 0 Å². The number of aromatic nitrogens is 2. The molecule has 2 aromatic heterocycles. The summed E-state index contributed by atoms with van der Waals surface area (Å²) >= 11 is 0. The minimum Gasteiger partial charge on any atom is -0.468 e. The lowest BCUT2D eigenvalue weighted by Crippen LogP contribution is -2.10. The molecule has 17 heavy (non-hydrogen) atoms. The van der Waals surface area contributed by atoms with Crippen molar-refractivity contribution in [1.82, 2.24) is 9.97 Å². The summed E-state index contributed by atoms with van der Waals surface area (Å²) in [5, 5.41) is 0. The van der Waals surface area contributed by atoms with E-state index in [0.29, 0.717) is 11.6 Å². The average Bonchev–Trinajstić information content (AvgIpc) is 2.68. The maximum atomic E-state index is 12.0. The summed E-state index contributed by atoms with van der Waals surface area (Å²) in [7, 11) is -3.57. The smallest absolute Gasteiger partial charge is 0.190 e. The molecule has 0 unspecified atom stereocenters. The van der Waals surface area contributed by atoms with Gasteiger partial charge in [0.25, 0.3) is 0 Å². The van der Waals surface area contributed by atoms with Crippen LogP contribution >= 0.6 is 0 Å². The Morgan fingerprint density at radius 3 is 2.82 bits per heavy atom. The molecule has 0 atom stereocenters. The third-order valence-corrected chi connectivity index (χ3v) is 3.80. The van der Waals surface area contributed by atoms with E-state index in [1.807, 2.05) is 0 Å². The van der Waals surface area contributed by atoms with E-state index in [9.17, 15) is 8.42 Å². The fourth-order valence-electron chi connectivity index (χ4n) is 1.38. The molecule has 0 aromatic carbocycles. The number of nitrogens with zero attached hydrogens (tertiary/aromatic N) is 2. The molecule has 0 saturated carbocycles. The van der Waals surface area contributed by atoms with Gasteiger partial charge < -0.3 is 10.2 Å². The summed E-state index contributed by atoms with van der Waals surface area (Å²) in [6.07, 6.45) is 2.63. The van der Waals surface area contributed by atoms with E-state index in [4.69, 9.17) is 10.2 Å². The standard InChI is InChI=1S/C10H11N3O3S/c1-7-12-5-9(10(11)13-7)17(14,15)6-8-3-2-4-16-8/h2-5H,6H2,1H3,(H2,11,12,13). The van der Waals surface area contributed by atoms with E-state index in [-0.39, 0.29) is 16.5 Å². The van der Waals surface area contributed by atoms with Crippen molar-refractivity contribution in [1.29, 1.82) is 0 Å². The molecule has 0 fully saturated rings. The monoisotopic (exact) mass is 253 g/mol. The van der Waals surface area contributed by atoms with Crippen molar-refractivity contribution in [2.75, 3.05) is 5.73 Å². The number of sulfone groups is 1. The van der Waals surface area contributed by atoms with Crippen LogP contribution in [0.4, 0.5) is 5.82 Å². The quantitative estimate of drug-likeness (QED) is 0.873. The predicted molar refractivity (Wildman–Crippen MR) is 60.8 cm³/mol. The Labute approximate surface area is 98.4 Å². The van der Waals surface area contributed by atoms with Gasteiger partial charge in [-0.1, -0.05) is 0 Å². The Kier molecular flexibility index (Phi) is 2.84. The fraction of sp³-hybridized carbons (Fsp3) is 0.200. The molecule has 2 aromatic rings. The van der Waals surface area contributed by atoms with Crippen LogP contribution in [-0.2, 0) is 15.6 Å². The molecule has 7 heteroatoms. The zero-order chi connectivity index (χ0) is 12.5. The Morgan fingerprint density at radius 2 is 2.24 bits per heavy atom. The zero-order valence-corrected chi connectivity index (χ0v) is 9.94. The molecule has 0 bridgehead atoms. The van der Waals surface area contributed by atoms with Crippen LogP contribution in [-0.4, -0.2) is 18.4 Å². The zero-order valence-electron chi connectivity index (χ0n) is 9.12. The van der Waals surface area contributed by atoms with E-state index in [2.05, 4.69) is 9.97 Å². The minimum atomic E-state index is -3.57. The second-order valence-corrected chi connectivity index (χ2v) is 5.46. The Bertz CT molecular complexity index is 620. The van der Waals surface area contributed by atoms with Crippen LogP contribution in [0.3, 0.4) is 0 Å². The Hall–Kier alpha value is -1.89. The Balaban J connectivity index is 2.38. The molecule has 0 aliphatic heterocycles. The number of rotatable bonds is 3. The largest absolute Gasteiger partial charge is 0.468 e. The van der Waals surface area contributed by atoms with Gasteiger partial charge in [0.2, 0.25) is 0 Å². The highest BCUT2D eigenvalue weighted by molar-refractivity contribution is 7.90. The average molecular weight is 253 g/mol. The van der Waals surface area contributed by atoms with Gasteiger partial charge in [-0.05, 0) is 19.1 Å². The molecule has 0 saturated heterocycles. The number of nitrogens with two attached hydrogens (primary N) is 1. The third-order valence-electron chi connectivity index (χ3n) is 2.15. The van der Waals surface area contributed by atoms with Gasteiger partial charge in [0.15, 0.2) is 9.84 Å². The first kappa shape index (κ1) is 11.6. The lowest BCUT2D eigenvalue weighted by Gasteiger charge is -2.05. The van der Waals surface area contributed by atoms with E-state index in [0.717, 1.165) is 0 Å². The predicted octanol–water partition coefficient (Wildman–Crippen LogP) is 0.934. The van der Waals surface area contributed by atoms with Gasteiger partial charge in [-0.15, -0.1) is 0 Å². The van der Waals surface area contributed by atoms with E-state index in [1.54, 1.807) is 19.1 Å². The lowest BCUT2D eigenvalue weighted by molar-refractivity contribution is 0.520. The first-order valence-corrected chi connectivity index (χ1v) is 6.48. The van der Waals surface area contributed by atoms with Crippen LogP contribution in [0.1, 0.15) is 11.6 Å². The fourth-order valence-corrected chi connectivity index (χ4v) is 2.65. The summed E-state index contributed by atoms with van der Waals surface area (Å²) < 4.78 is 29.0. The van der Waals surface area contributed by atoms with E-state index < -0.39 is 9.84 Å². The van der Waals surface area contributed by atoms with Crippen LogP contribution in [0, 0.1) is 6.92 Å². The summed E-state index contributed by atoms with van der Waals surface area (Å²) in [5.41, 5.74) is 5.58. The number of hydrogen-bond donors (Lipinski definition) is 1. The molecule has 90 valence electrons.